The summed E-state index contributed by atoms with van der Waals surface area (Å²) in [5.41, 5.74) is 17.0. The molecule has 0 spiro atoms. The van der Waals surface area contributed by atoms with Crippen molar-refractivity contribution in [2.24, 2.45) is 20.6 Å². The van der Waals surface area contributed by atoms with Crippen LogP contribution in [0.4, 0.5) is 28.7 Å². The van der Waals surface area contributed by atoms with Crippen molar-refractivity contribution in [2.45, 2.75) is 40.5 Å². The summed E-state index contributed by atoms with van der Waals surface area (Å²) in [5, 5.41) is 38.1. The fourth-order valence-corrected chi connectivity index (χ4v) is 10.5. The number of anilines is 4. The van der Waals surface area contributed by atoms with Gasteiger partial charge in [0, 0.05) is 104 Å². The van der Waals surface area contributed by atoms with Gasteiger partial charge in [-0.2, -0.15) is 0 Å². The third kappa shape index (κ3) is 27.6. The molecule has 0 aliphatic heterocycles. The van der Waals surface area contributed by atoms with E-state index in [2.05, 4.69) is 47.3 Å². The lowest BCUT2D eigenvalue weighted by molar-refractivity contribution is -0.384. The molecule has 0 unspecified atom stereocenters. The van der Waals surface area contributed by atoms with Crippen molar-refractivity contribution in [3.8, 4) is 28.3 Å². The van der Waals surface area contributed by atoms with Gasteiger partial charge in [-0.15, -0.1) is 11.6 Å². The molecule has 4 aromatic heterocycles. The normalized spacial score (nSPS) is 11.5. The number of non-ortho nitro benzene ring substituents is 1. The van der Waals surface area contributed by atoms with Crippen LogP contribution in [0.3, 0.4) is 0 Å². The Labute approximate surface area is 553 Å². The summed E-state index contributed by atoms with van der Waals surface area (Å²) in [5.74, 6) is -0.327. The highest BCUT2D eigenvalue weighted by atomic mass is 35.7. The molecule has 0 saturated carbocycles. The number of hydrogen-bond donors (Lipinski definition) is 7. The molecule has 0 aliphatic rings. The van der Waals surface area contributed by atoms with Crippen LogP contribution in [0.2, 0.25) is 0 Å². The number of nitro groups is 1. The number of nitrogens with two attached hydrogens (primary N) is 5. The maximum absolute atomic E-state index is 13.3. The van der Waals surface area contributed by atoms with E-state index in [4.69, 9.17) is 43.4 Å². The van der Waals surface area contributed by atoms with Gasteiger partial charge >= 0.3 is 0 Å². The van der Waals surface area contributed by atoms with Crippen molar-refractivity contribution in [3.63, 3.8) is 0 Å². The van der Waals surface area contributed by atoms with Gasteiger partial charge in [-0.1, -0.05) is 43.0 Å². The molecule has 9 rings (SSSR count). The summed E-state index contributed by atoms with van der Waals surface area (Å²) in [4.78, 5) is 45.2. The van der Waals surface area contributed by atoms with Crippen molar-refractivity contribution in [1.82, 2.24) is 38.6 Å². The Kier molecular flexibility index (Phi) is 27.1. The second-order valence-electron chi connectivity index (χ2n) is 20.2. The number of nitrogens with one attached hydrogen (secondary N) is 2. The zero-order valence-electron chi connectivity index (χ0n) is 50.6. The Hall–Kier alpha value is -9.07. The summed E-state index contributed by atoms with van der Waals surface area (Å²) in [6.45, 7) is 10.4. The summed E-state index contributed by atoms with van der Waals surface area (Å²) in [6, 6.07) is 32.0. The van der Waals surface area contributed by atoms with Crippen molar-refractivity contribution in [1.29, 1.82) is 0 Å². The van der Waals surface area contributed by atoms with Crippen molar-refractivity contribution < 1.29 is 51.8 Å². The third-order valence-electron chi connectivity index (χ3n) is 12.2. The maximum Gasteiger partial charge on any atom is 0.272 e. The summed E-state index contributed by atoms with van der Waals surface area (Å²) >= 11 is 5.02. The number of aryl methyl sites for hydroxylation is 6. The topological polar surface area (TPSA) is 464 Å². The number of aromatic nitrogens is 8. The molecule has 0 atom stereocenters. The Bertz CT molecular complexity index is 4770. The van der Waals surface area contributed by atoms with Crippen LogP contribution in [-0.2, 0) is 62.0 Å². The number of primary sulfonamides is 4. The number of nitrogen functional groups attached to an aromatic ring is 1. The van der Waals surface area contributed by atoms with E-state index >= 15 is 0 Å². The van der Waals surface area contributed by atoms with Crippen LogP contribution in [0.5, 0.6) is 0 Å². The van der Waals surface area contributed by atoms with Gasteiger partial charge in [0.25, 0.3) is 11.6 Å². The van der Waals surface area contributed by atoms with Crippen molar-refractivity contribution in [2.75, 3.05) is 39.5 Å². The Morgan fingerprint density at radius 2 is 1.17 bits per heavy atom. The monoisotopic (exact) mass is 1420 g/mol. The highest BCUT2D eigenvalue weighted by Crippen LogP contribution is 2.26. The molecule has 0 radical (unpaired) electrons. The number of imidazole rings is 3. The average molecular weight is 1430 g/mol. The SMILES string of the molecule is C=CS(N)(=O)=O.Cc1cn(-c2cc(/C=C/S(N)(=O)=O)cc([N+](=O)[O-])c2)cn1.Cc1cn(-c2cc(CCS(N)(=O)=O)cc(NC(=O)c3ccc(C)c(Nc4nccc(-c5ccccc5)n4)c3)c2)cn1.Cc1cn(-c2cc(N)cc(CCS(N)(=O)=O)c2)cn1.O=S(=O)(Cl)CCCl. The van der Waals surface area contributed by atoms with Crippen LogP contribution in [0.15, 0.2) is 170 Å². The Morgan fingerprint density at radius 1 is 0.649 bits per heavy atom. The lowest BCUT2D eigenvalue weighted by atomic mass is 10.1. The number of benzene rings is 5. The predicted octanol–water partition coefficient (Wildman–Crippen LogP) is 6.93. The Morgan fingerprint density at radius 3 is 1.63 bits per heavy atom. The smallest absolute Gasteiger partial charge is 0.272 e. The van der Waals surface area contributed by atoms with E-state index in [-0.39, 0.29) is 41.2 Å². The van der Waals surface area contributed by atoms with E-state index in [1.165, 1.54) is 24.5 Å². The first-order valence-corrected chi connectivity index (χ1v) is 36.8. The number of amides is 1. The van der Waals surface area contributed by atoms with Gasteiger partial charge in [-0.25, -0.2) is 87.6 Å². The molecule has 5 aromatic carbocycles. The first kappa shape index (κ1) is 75.6. The minimum atomic E-state index is -3.80. The molecule has 0 fully saturated rings. The van der Waals surface area contributed by atoms with Gasteiger partial charge in [0.05, 0.1) is 69.6 Å². The van der Waals surface area contributed by atoms with Crippen LogP contribution in [0.1, 0.15) is 49.7 Å². The van der Waals surface area contributed by atoms with E-state index in [1.54, 1.807) is 72.9 Å². The van der Waals surface area contributed by atoms with Crippen molar-refractivity contribution >= 4 is 112 Å². The summed E-state index contributed by atoms with van der Waals surface area (Å²) < 4.78 is 111. The second kappa shape index (κ2) is 33.7. The average Bonchev–Trinajstić information content (AvgIpc) is 0.957. The number of nitrogens with zero attached hydrogens (tertiary/aromatic N) is 9. The first-order valence-electron chi connectivity index (χ1n) is 27.1. The van der Waals surface area contributed by atoms with Gasteiger partial charge in [-0.3, -0.25) is 14.9 Å². The van der Waals surface area contributed by atoms with Gasteiger partial charge in [0.1, 0.15) is 0 Å². The van der Waals surface area contributed by atoms with E-state index < -0.39 is 54.1 Å². The third-order valence-corrected chi connectivity index (χ3v) is 16.3. The fourth-order valence-electron chi connectivity index (χ4n) is 7.88. The highest BCUT2D eigenvalue weighted by Gasteiger charge is 2.16. The molecule has 1 amide bonds. The minimum absolute atomic E-state index is 0.0613. The summed E-state index contributed by atoms with van der Waals surface area (Å²) in [6.07, 6.45) is 13.7. The van der Waals surface area contributed by atoms with Crippen LogP contribution in [-0.4, -0.2) is 115 Å². The molecule has 500 valence electrons. The second-order valence-corrected chi connectivity index (χ2v) is 29.9. The number of nitro benzene ring substituents is 1. The molecule has 29 nitrogen and oxygen atoms in total. The predicted molar refractivity (Wildman–Crippen MR) is 365 cm³/mol. The molecule has 36 heteroatoms. The number of rotatable bonds is 20. The van der Waals surface area contributed by atoms with Crippen LogP contribution in [0, 0.1) is 37.8 Å². The van der Waals surface area contributed by atoms with Gasteiger partial charge < -0.3 is 30.1 Å². The highest BCUT2D eigenvalue weighted by molar-refractivity contribution is 8.13. The van der Waals surface area contributed by atoms with E-state index in [1.807, 2.05) is 103 Å². The van der Waals surface area contributed by atoms with E-state index in [0.29, 0.717) is 57.2 Å². The molecule has 9 aromatic rings. The Balaban J connectivity index is 0.000000252. The van der Waals surface area contributed by atoms with E-state index in [9.17, 15) is 57.0 Å². The number of halogens is 2. The molecule has 4 heterocycles. The fraction of sp³-hybridized carbons (Fsp3) is 0.172. The van der Waals surface area contributed by atoms with Gasteiger partial charge in [0.2, 0.25) is 55.1 Å². The molecule has 0 aliphatic carbocycles. The molecule has 0 bridgehead atoms. The molecule has 0 saturated heterocycles. The molecule has 94 heavy (non-hydrogen) atoms. The lowest BCUT2D eigenvalue weighted by Gasteiger charge is -2.13. The van der Waals surface area contributed by atoms with Crippen molar-refractivity contribution in [3.05, 3.63) is 225 Å². The number of carbonyl (C=O) groups is 1. The largest absolute Gasteiger partial charge is 0.399 e. The van der Waals surface area contributed by atoms with Gasteiger partial charge in [-0.05, 0) is 130 Å². The van der Waals surface area contributed by atoms with Crippen LogP contribution >= 0.6 is 22.3 Å². The maximum atomic E-state index is 13.3. The zero-order chi connectivity index (χ0) is 69.8. The first-order chi connectivity index (χ1) is 43.8. The van der Waals surface area contributed by atoms with Gasteiger partial charge in [0.15, 0.2) is 0 Å². The van der Waals surface area contributed by atoms with Crippen LogP contribution < -0.4 is 36.9 Å². The minimum Gasteiger partial charge on any atom is -0.399 e. The summed E-state index contributed by atoms with van der Waals surface area (Å²) in [7, 11) is -12.9. The molecular weight excluding hydrogens is 1360 g/mol. The standard InChI is InChI=1S/C30H29N7O3S.C12H12N4O4S.C12H16N4O2S.C2H4Cl2O2S.C2H5NO2S/c1-20-8-9-24(16-28(20)36-30-32-12-10-27(35-30)23-6-4-3-5-7-23)29(38)34-25-14-22(11-13-41(31,39)40)15-26(17-25)37-18-21(2)33-19-37;1-9-7-15(8-14-9)11-4-10(2-3-21(13,19)20)5-12(6-11)16(17)18;1-9-7-16(8-15-9)12-5-10(4-11(13)6-12)2-3-19(14,17)18;3-1-2-7(4,5)6;1-2-6(3,4)5/h3-10,12,14-19H,11,13H2,1-2H3,(H,34,38)(H2,31,39,40)(H,32,35,36);2-8H,1H3,(H2,13,19,20);4-8H,2-3,13H2,1H3,(H2,14,17,18);1-2H2;2H,1H2,(H2,3,4,5)/b;3-2+;;;. The number of alkyl halides is 1. The zero-order valence-corrected chi connectivity index (χ0v) is 56.2. The number of carbonyl (C=O) groups excluding carboxylic acids is 1. The lowest BCUT2D eigenvalue weighted by Crippen LogP contribution is -2.18. The molecular formula is C58H66Cl2N16O13S5. The number of sulfonamides is 4. The quantitative estimate of drug-likeness (QED) is 0.0134. The van der Waals surface area contributed by atoms with Crippen LogP contribution in [0.25, 0.3) is 34.4 Å². The molecule has 12 N–H and O–H groups in total. The number of hydrogen-bond acceptors (Lipinski definition) is 20. The van der Waals surface area contributed by atoms with E-state index in [0.717, 1.165) is 56.2 Å².